The second-order valence-electron chi connectivity index (χ2n) is 4.62. The van der Waals surface area contributed by atoms with Crippen LogP contribution < -0.4 is 15.3 Å². The second kappa shape index (κ2) is 7.40. The highest BCUT2D eigenvalue weighted by atomic mass is 15.4. The average Bonchev–Trinajstić information content (AvgIpc) is 2.52. The maximum atomic E-state index is 5.50. The largest absolute Gasteiger partial charge is 0.330 e. The molecule has 0 spiro atoms. The quantitative estimate of drug-likeness (QED) is 0.494. The number of hydrazone groups is 1. The predicted molar refractivity (Wildman–Crippen MR) is 82.7 cm³/mol. The lowest BCUT2D eigenvalue weighted by Crippen LogP contribution is -2.33. The molecule has 0 aliphatic carbocycles. The van der Waals surface area contributed by atoms with Gasteiger partial charge in [0.2, 0.25) is 0 Å². The Balaban J connectivity index is 1.97. The zero-order chi connectivity index (χ0) is 14.2. The Kier molecular flexibility index (Phi) is 5.26. The summed E-state index contributed by atoms with van der Waals surface area (Å²) in [4.78, 5) is 0. The first-order valence-electron chi connectivity index (χ1n) is 6.81. The molecule has 4 heteroatoms. The number of aryl methyl sites for hydroxylation is 1. The molecule has 0 saturated heterocycles. The summed E-state index contributed by atoms with van der Waals surface area (Å²) < 4.78 is 2.13. The molecule has 1 aromatic carbocycles. The van der Waals surface area contributed by atoms with Gasteiger partial charge in [0, 0.05) is 31.2 Å². The van der Waals surface area contributed by atoms with Gasteiger partial charge >= 0.3 is 0 Å². The standard InChI is InChI=1S/C16H21N4/c1-19(16-6-3-2-4-7-16)18-14-15-8-12-20(13-9-15)11-5-10-17/h2-4,6-9,12-14H,5,10-11,17H2,1H3/q+1. The Morgan fingerprint density at radius 1 is 1.15 bits per heavy atom. The lowest BCUT2D eigenvalue weighted by Gasteiger charge is -2.11. The molecule has 0 radical (unpaired) electrons. The van der Waals surface area contributed by atoms with Gasteiger partial charge in [-0.1, -0.05) is 18.2 Å². The number of rotatable bonds is 6. The molecular formula is C16H21N4+. The molecule has 0 aliphatic heterocycles. The molecule has 1 aromatic heterocycles. The first-order valence-corrected chi connectivity index (χ1v) is 6.81. The van der Waals surface area contributed by atoms with Gasteiger partial charge in [0.05, 0.1) is 11.9 Å². The molecule has 20 heavy (non-hydrogen) atoms. The summed E-state index contributed by atoms with van der Waals surface area (Å²) in [6.45, 7) is 1.68. The fourth-order valence-electron chi connectivity index (χ4n) is 1.84. The minimum absolute atomic E-state index is 0.720. The summed E-state index contributed by atoms with van der Waals surface area (Å²) in [7, 11) is 1.94. The van der Waals surface area contributed by atoms with Crippen molar-refractivity contribution in [1.82, 2.24) is 0 Å². The summed E-state index contributed by atoms with van der Waals surface area (Å²) in [5.41, 5.74) is 7.65. The van der Waals surface area contributed by atoms with Crippen molar-refractivity contribution in [1.29, 1.82) is 0 Å². The average molecular weight is 269 g/mol. The van der Waals surface area contributed by atoms with E-state index in [1.807, 2.05) is 48.6 Å². The Labute approximate surface area is 120 Å². The number of nitrogens with zero attached hydrogens (tertiary/aromatic N) is 3. The summed E-state index contributed by atoms with van der Waals surface area (Å²) in [6, 6.07) is 14.2. The van der Waals surface area contributed by atoms with Crippen LogP contribution in [0.15, 0.2) is 60.0 Å². The molecule has 2 N–H and O–H groups in total. The Morgan fingerprint density at radius 2 is 1.85 bits per heavy atom. The molecule has 0 aliphatic rings. The van der Waals surface area contributed by atoms with Gasteiger partial charge in [-0.2, -0.15) is 5.10 Å². The van der Waals surface area contributed by atoms with E-state index < -0.39 is 0 Å². The number of pyridine rings is 1. The van der Waals surface area contributed by atoms with E-state index in [2.05, 4.69) is 34.2 Å². The number of hydrogen-bond acceptors (Lipinski definition) is 3. The van der Waals surface area contributed by atoms with E-state index in [-0.39, 0.29) is 0 Å². The molecule has 0 unspecified atom stereocenters. The molecule has 0 amide bonds. The third-order valence-electron chi connectivity index (χ3n) is 3.05. The first kappa shape index (κ1) is 14.2. The Bertz CT molecular complexity index is 534. The van der Waals surface area contributed by atoms with Crippen molar-refractivity contribution in [2.75, 3.05) is 18.6 Å². The minimum atomic E-state index is 0.720. The van der Waals surface area contributed by atoms with Gasteiger partial charge in [0.15, 0.2) is 12.4 Å². The smallest absolute Gasteiger partial charge is 0.169 e. The van der Waals surface area contributed by atoms with Crippen molar-refractivity contribution < 1.29 is 4.57 Å². The van der Waals surface area contributed by atoms with Crippen LogP contribution in [0.3, 0.4) is 0 Å². The van der Waals surface area contributed by atoms with Crippen molar-refractivity contribution in [3.63, 3.8) is 0 Å². The highest BCUT2D eigenvalue weighted by Crippen LogP contribution is 2.10. The highest BCUT2D eigenvalue weighted by molar-refractivity contribution is 5.79. The SMILES string of the molecule is CN(/N=C/c1cc[n+](CCCN)cc1)c1ccccc1. The van der Waals surface area contributed by atoms with Crippen LogP contribution in [0.5, 0.6) is 0 Å². The van der Waals surface area contributed by atoms with E-state index in [0.717, 1.165) is 30.8 Å². The van der Waals surface area contributed by atoms with Crippen molar-refractivity contribution in [3.8, 4) is 0 Å². The van der Waals surface area contributed by atoms with Crippen LogP contribution in [0.2, 0.25) is 0 Å². The Morgan fingerprint density at radius 3 is 2.50 bits per heavy atom. The number of hydrogen-bond donors (Lipinski definition) is 1. The molecule has 0 atom stereocenters. The number of anilines is 1. The van der Waals surface area contributed by atoms with Crippen LogP contribution in [0.1, 0.15) is 12.0 Å². The zero-order valence-electron chi connectivity index (χ0n) is 11.8. The summed E-state index contributed by atoms with van der Waals surface area (Å²) in [5, 5.41) is 6.29. The van der Waals surface area contributed by atoms with Crippen LogP contribution in [0.25, 0.3) is 0 Å². The predicted octanol–water partition coefficient (Wildman–Crippen LogP) is 1.79. The van der Waals surface area contributed by atoms with E-state index >= 15 is 0 Å². The molecule has 2 rings (SSSR count). The Hall–Kier alpha value is -2.20. The van der Waals surface area contributed by atoms with Crippen molar-refractivity contribution >= 4 is 11.9 Å². The maximum Gasteiger partial charge on any atom is 0.169 e. The van der Waals surface area contributed by atoms with Gasteiger partial charge in [-0.15, -0.1) is 0 Å². The zero-order valence-corrected chi connectivity index (χ0v) is 11.8. The van der Waals surface area contributed by atoms with Crippen LogP contribution in [0, 0.1) is 0 Å². The molecule has 4 nitrogen and oxygen atoms in total. The molecule has 104 valence electrons. The lowest BCUT2D eigenvalue weighted by molar-refractivity contribution is -0.697. The highest BCUT2D eigenvalue weighted by Gasteiger charge is 1.99. The van der Waals surface area contributed by atoms with E-state index in [1.165, 1.54) is 0 Å². The van der Waals surface area contributed by atoms with E-state index in [1.54, 1.807) is 0 Å². The van der Waals surface area contributed by atoms with E-state index in [0.29, 0.717) is 0 Å². The van der Waals surface area contributed by atoms with Crippen molar-refractivity contribution in [2.45, 2.75) is 13.0 Å². The normalized spacial score (nSPS) is 10.9. The van der Waals surface area contributed by atoms with Crippen LogP contribution in [-0.4, -0.2) is 19.8 Å². The monoisotopic (exact) mass is 269 g/mol. The second-order valence-corrected chi connectivity index (χ2v) is 4.62. The maximum absolute atomic E-state index is 5.50. The van der Waals surface area contributed by atoms with E-state index in [9.17, 15) is 0 Å². The van der Waals surface area contributed by atoms with Crippen LogP contribution in [0.4, 0.5) is 5.69 Å². The van der Waals surface area contributed by atoms with Gasteiger partial charge in [0.1, 0.15) is 6.54 Å². The summed E-state index contributed by atoms with van der Waals surface area (Å²) in [6.07, 6.45) is 6.97. The summed E-state index contributed by atoms with van der Waals surface area (Å²) in [5.74, 6) is 0. The molecule has 1 heterocycles. The van der Waals surface area contributed by atoms with Crippen molar-refractivity contribution in [2.24, 2.45) is 10.8 Å². The van der Waals surface area contributed by atoms with Crippen LogP contribution in [-0.2, 0) is 6.54 Å². The van der Waals surface area contributed by atoms with Crippen molar-refractivity contribution in [3.05, 3.63) is 60.4 Å². The fraction of sp³-hybridized carbons (Fsp3) is 0.250. The van der Waals surface area contributed by atoms with Gasteiger partial charge in [-0.3, -0.25) is 5.01 Å². The molecule has 2 aromatic rings. The number of nitrogens with two attached hydrogens (primary N) is 1. The third-order valence-corrected chi connectivity index (χ3v) is 3.05. The number of aromatic nitrogens is 1. The van der Waals surface area contributed by atoms with E-state index in [4.69, 9.17) is 5.73 Å². The number of para-hydroxylation sites is 1. The van der Waals surface area contributed by atoms with Gasteiger partial charge in [-0.05, 0) is 18.7 Å². The molecular weight excluding hydrogens is 248 g/mol. The van der Waals surface area contributed by atoms with Gasteiger partial charge < -0.3 is 5.73 Å². The fourth-order valence-corrected chi connectivity index (χ4v) is 1.84. The lowest BCUT2D eigenvalue weighted by atomic mass is 10.3. The van der Waals surface area contributed by atoms with Gasteiger partial charge in [0.25, 0.3) is 0 Å². The van der Waals surface area contributed by atoms with Gasteiger partial charge in [-0.25, -0.2) is 4.57 Å². The molecule has 0 saturated carbocycles. The third kappa shape index (κ3) is 4.17. The number of benzene rings is 1. The van der Waals surface area contributed by atoms with Crippen LogP contribution >= 0.6 is 0 Å². The topological polar surface area (TPSA) is 45.5 Å². The minimum Gasteiger partial charge on any atom is -0.330 e. The summed E-state index contributed by atoms with van der Waals surface area (Å²) >= 11 is 0. The molecule has 0 fully saturated rings. The molecule has 0 bridgehead atoms. The first-order chi connectivity index (χ1) is 9.79.